The van der Waals surface area contributed by atoms with Crippen molar-refractivity contribution >= 4 is 28.0 Å². The van der Waals surface area contributed by atoms with E-state index in [0.29, 0.717) is 25.7 Å². The number of fused-ring (bicyclic) bond motifs is 2. The SMILES string of the molecule is C=CCN(CC=C)/C(=N\Cn1nnc2ccccc21)n1nc2ccccc2n1. The summed E-state index contributed by atoms with van der Waals surface area (Å²) in [5, 5.41) is 17.5. The fourth-order valence-corrected chi connectivity index (χ4v) is 2.94. The summed E-state index contributed by atoms with van der Waals surface area (Å²) in [5.74, 6) is 0.593. The van der Waals surface area contributed by atoms with E-state index in [9.17, 15) is 0 Å². The molecule has 0 radical (unpaired) electrons. The van der Waals surface area contributed by atoms with Gasteiger partial charge in [-0.2, -0.15) is 0 Å². The van der Waals surface area contributed by atoms with Crippen molar-refractivity contribution in [1.29, 1.82) is 0 Å². The van der Waals surface area contributed by atoms with Gasteiger partial charge in [0.25, 0.3) is 0 Å². The van der Waals surface area contributed by atoms with Crippen LogP contribution < -0.4 is 0 Å². The first kappa shape index (κ1) is 17.6. The second-order valence-corrected chi connectivity index (χ2v) is 6.14. The molecule has 0 aliphatic rings. The molecule has 0 spiro atoms. The molecule has 2 aromatic carbocycles. The van der Waals surface area contributed by atoms with E-state index in [2.05, 4.69) is 33.7 Å². The highest BCUT2D eigenvalue weighted by atomic mass is 15.6. The van der Waals surface area contributed by atoms with Gasteiger partial charge in [0.05, 0.1) is 5.52 Å². The molecule has 0 atom stereocenters. The van der Waals surface area contributed by atoms with Crippen molar-refractivity contribution < 1.29 is 0 Å². The van der Waals surface area contributed by atoms with Crippen LogP contribution in [0.4, 0.5) is 0 Å². The molecule has 0 fully saturated rings. The van der Waals surface area contributed by atoms with Crippen LogP contribution in [0.5, 0.6) is 0 Å². The van der Waals surface area contributed by atoms with Crippen molar-refractivity contribution in [3.05, 3.63) is 73.8 Å². The number of para-hydroxylation sites is 1. The molecule has 140 valence electrons. The molecule has 2 heterocycles. The maximum atomic E-state index is 4.76. The zero-order valence-electron chi connectivity index (χ0n) is 15.4. The van der Waals surface area contributed by atoms with E-state index >= 15 is 0 Å². The van der Waals surface area contributed by atoms with Crippen molar-refractivity contribution in [1.82, 2.24) is 34.9 Å². The summed E-state index contributed by atoms with van der Waals surface area (Å²) in [6, 6.07) is 15.5. The Morgan fingerprint density at radius 2 is 1.54 bits per heavy atom. The number of hydrogen-bond donors (Lipinski definition) is 0. The lowest BCUT2D eigenvalue weighted by Crippen LogP contribution is -2.38. The largest absolute Gasteiger partial charge is 0.332 e. The number of hydrogen-bond acceptors (Lipinski definition) is 5. The van der Waals surface area contributed by atoms with Gasteiger partial charge in [-0.1, -0.05) is 41.6 Å². The molecule has 0 bridgehead atoms. The number of aromatic nitrogens is 6. The van der Waals surface area contributed by atoms with Crippen molar-refractivity contribution in [2.24, 2.45) is 4.99 Å². The summed E-state index contributed by atoms with van der Waals surface area (Å²) in [4.78, 5) is 8.32. The van der Waals surface area contributed by atoms with Crippen LogP contribution in [0.25, 0.3) is 22.1 Å². The molecule has 0 saturated heterocycles. The molecule has 2 aromatic heterocycles. The van der Waals surface area contributed by atoms with Crippen molar-refractivity contribution in [3.8, 4) is 0 Å². The van der Waals surface area contributed by atoms with Crippen molar-refractivity contribution in [3.63, 3.8) is 0 Å². The maximum Gasteiger partial charge on any atom is 0.243 e. The average molecular weight is 372 g/mol. The lowest BCUT2D eigenvalue weighted by atomic mass is 10.3. The molecule has 8 heteroatoms. The highest BCUT2D eigenvalue weighted by Crippen LogP contribution is 2.11. The molecule has 0 unspecified atom stereocenters. The maximum absolute atomic E-state index is 4.76. The van der Waals surface area contributed by atoms with Crippen LogP contribution in [-0.4, -0.2) is 53.9 Å². The third kappa shape index (κ3) is 3.39. The van der Waals surface area contributed by atoms with E-state index in [0.717, 1.165) is 22.1 Å². The van der Waals surface area contributed by atoms with E-state index in [-0.39, 0.29) is 0 Å². The Labute approximate surface area is 162 Å². The van der Waals surface area contributed by atoms with Gasteiger partial charge in [0.15, 0.2) is 0 Å². The topological polar surface area (TPSA) is 77.0 Å². The van der Waals surface area contributed by atoms with Crippen LogP contribution in [0, 0.1) is 0 Å². The number of nitrogens with zero attached hydrogens (tertiary/aromatic N) is 8. The quantitative estimate of drug-likeness (QED) is 0.295. The minimum absolute atomic E-state index is 0.290. The molecule has 28 heavy (non-hydrogen) atoms. The summed E-state index contributed by atoms with van der Waals surface area (Å²) in [5.41, 5.74) is 3.36. The minimum Gasteiger partial charge on any atom is -0.332 e. The second kappa shape index (κ2) is 7.83. The Hall–Kier alpha value is -3.81. The van der Waals surface area contributed by atoms with Crippen LogP contribution in [-0.2, 0) is 6.67 Å². The van der Waals surface area contributed by atoms with Gasteiger partial charge in [-0.05, 0) is 24.3 Å². The summed E-state index contributed by atoms with van der Waals surface area (Å²) in [6.45, 7) is 9.15. The second-order valence-electron chi connectivity index (χ2n) is 6.14. The fourth-order valence-electron chi connectivity index (χ4n) is 2.94. The summed E-state index contributed by atoms with van der Waals surface area (Å²) in [7, 11) is 0. The van der Waals surface area contributed by atoms with E-state index in [1.807, 2.05) is 65.6 Å². The molecular weight excluding hydrogens is 352 g/mol. The van der Waals surface area contributed by atoms with Crippen molar-refractivity contribution in [2.45, 2.75) is 6.67 Å². The van der Waals surface area contributed by atoms with E-state index in [1.54, 1.807) is 9.48 Å². The average Bonchev–Trinajstić information content (AvgIpc) is 3.33. The smallest absolute Gasteiger partial charge is 0.243 e. The highest BCUT2D eigenvalue weighted by molar-refractivity contribution is 5.84. The molecule has 8 nitrogen and oxygen atoms in total. The van der Waals surface area contributed by atoms with Gasteiger partial charge in [-0.3, -0.25) is 0 Å². The number of aliphatic imine (C=N–C) groups is 1. The lowest BCUT2D eigenvalue weighted by Gasteiger charge is -2.22. The van der Waals surface area contributed by atoms with Crippen LogP contribution in [0.1, 0.15) is 0 Å². The summed E-state index contributed by atoms with van der Waals surface area (Å²) in [6.07, 6.45) is 3.63. The monoisotopic (exact) mass is 372 g/mol. The van der Waals surface area contributed by atoms with Gasteiger partial charge in [0.2, 0.25) is 5.96 Å². The molecular formula is C20H20N8. The Balaban J connectivity index is 1.75. The lowest BCUT2D eigenvalue weighted by molar-refractivity contribution is 0.468. The van der Waals surface area contributed by atoms with E-state index in [4.69, 9.17) is 4.99 Å². The van der Waals surface area contributed by atoms with Gasteiger partial charge in [-0.15, -0.1) is 33.3 Å². The van der Waals surface area contributed by atoms with E-state index in [1.165, 1.54) is 0 Å². The van der Waals surface area contributed by atoms with Gasteiger partial charge in [0, 0.05) is 13.1 Å². The Kier molecular flexibility index (Phi) is 4.92. The Bertz CT molecular complexity index is 1110. The minimum atomic E-state index is 0.290. The third-order valence-corrected chi connectivity index (χ3v) is 4.21. The third-order valence-electron chi connectivity index (χ3n) is 4.21. The predicted octanol–water partition coefficient (Wildman–Crippen LogP) is 2.71. The Morgan fingerprint density at radius 1 is 0.929 bits per heavy atom. The van der Waals surface area contributed by atoms with Crippen LogP contribution in [0.3, 0.4) is 0 Å². The van der Waals surface area contributed by atoms with Gasteiger partial charge >= 0.3 is 0 Å². The zero-order chi connectivity index (χ0) is 19.3. The predicted molar refractivity (Wildman–Crippen MR) is 110 cm³/mol. The summed E-state index contributed by atoms with van der Waals surface area (Å²) < 4.78 is 1.75. The molecule has 0 N–H and O–H groups in total. The molecule has 0 aliphatic heterocycles. The van der Waals surface area contributed by atoms with Gasteiger partial charge < -0.3 is 4.90 Å². The van der Waals surface area contributed by atoms with Crippen molar-refractivity contribution in [2.75, 3.05) is 13.1 Å². The molecule has 0 aliphatic carbocycles. The van der Waals surface area contributed by atoms with Gasteiger partial charge in [-0.25, -0.2) is 9.67 Å². The molecule has 4 aromatic rings. The van der Waals surface area contributed by atoms with Crippen LogP contribution in [0.2, 0.25) is 0 Å². The first-order valence-corrected chi connectivity index (χ1v) is 8.92. The highest BCUT2D eigenvalue weighted by Gasteiger charge is 2.15. The fraction of sp³-hybridized carbons (Fsp3) is 0.150. The number of rotatable bonds is 6. The summed E-state index contributed by atoms with van der Waals surface area (Å²) >= 11 is 0. The first-order chi connectivity index (χ1) is 13.8. The first-order valence-electron chi connectivity index (χ1n) is 8.92. The standard InChI is InChI=1S/C20H20N8/c1-3-13-26(14-4-2)20(28-23-16-9-5-6-10-17(16)24-28)21-15-27-19-12-8-7-11-18(19)22-25-27/h3-12H,1-2,13-15H2/b21-20+. The van der Waals surface area contributed by atoms with Crippen LogP contribution in [0.15, 0.2) is 78.8 Å². The van der Waals surface area contributed by atoms with E-state index < -0.39 is 0 Å². The van der Waals surface area contributed by atoms with Gasteiger partial charge in [0.1, 0.15) is 23.2 Å². The molecule has 0 saturated carbocycles. The van der Waals surface area contributed by atoms with Crippen LogP contribution >= 0.6 is 0 Å². The molecule has 0 amide bonds. The molecule has 4 rings (SSSR count). The Morgan fingerprint density at radius 3 is 2.18 bits per heavy atom. The number of benzene rings is 2. The normalized spacial score (nSPS) is 11.8. The zero-order valence-corrected chi connectivity index (χ0v) is 15.4.